The van der Waals surface area contributed by atoms with E-state index in [1.165, 1.54) is 64.3 Å². The number of esters is 1. The molecule has 1 aromatic rings. The number of rotatable bonds is 3. The van der Waals surface area contributed by atoms with Gasteiger partial charge in [-0.1, -0.05) is 25.0 Å². The van der Waals surface area contributed by atoms with Gasteiger partial charge in [-0.3, -0.25) is 0 Å². The normalized spacial score (nSPS) is 20.6. The van der Waals surface area contributed by atoms with E-state index in [1.807, 2.05) is 12.1 Å². The lowest BCUT2D eigenvalue weighted by Crippen LogP contribution is -2.39. The highest BCUT2D eigenvalue weighted by Gasteiger charge is 2.27. The quantitative estimate of drug-likeness (QED) is 0.787. The third-order valence-electron chi connectivity index (χ3n) is 5.17. The van der Waals surface area contributed by atoms with Gasteiger partial charge in [0, 0.05) is 6.04 Å². The number of nitrogens with zero attached hydrogens (tertiary/aromatic N) is 1. The molecule has 0 unspecified atom stereocenters. The zero-order valence-electron chi connectivity index (χ0n) is 13.3. The molecule has 22 heavy (non-hydrogen) atoms. The second-order valence-corrected chi connectivity index (χ2v) is 6.36. The Labute approximate surface area is 139 Å². The van der Waals surface area contributed by atoms with E-state index in [1.54, 1.807) is 0 Å². The molecule has 0 atom stereocenters. The van der Waals surface area contributed by atoms with Gasteiger partial charge in [0.05, 0.1) is 12.7 Å². The van der Waals surface area contributed by atoms with Crippen LogP contribution in [0.15, 0.2) is 24.3 Å². The predicted octanol–water partition coefficient (Wildman–Crippen LogP) is 4.02. The van der Waals surface area contributed by atoms with E-state index in [9.17, 15) is 4.79 Å². The minimum atomic E-state index is -0.252. The van der Waals surface area contributed by atoms with Gasteiger partial charge in [-0.2, -0.15) is 0 Å². The summed E-state index contributed by atoms with van der Waals surface area (Å²) in [5, 5.41) is 0. The summed E-state index contributed by atoms with van der Waals surface area (Å²) in [4.78, 5) is 14.2. The van der Waals surface area contributed by atoms with Crippen LogP contribution in [0.1, 0.15) is 60.4 Å². The minimum absolute atomic E-state index is 0. The van der Waals surface area contributed by atoms with E-state index in [2.05, 4.69) is 17.0 Å². The molecule has 2 fully saturated rings. The predicted molar refractivity (Wildman–Crippen MR) is 90.8 cm³/mol. The molecule has 122 valence electrons. The summed E-state index contributed by atoms with van der Waals surface area (Å²) < 4.78 is 4.75. The number of hydrogen-bond donors (Lipinski definition) is 0. The summed E-state index contributed by atoms with van der Waals surface area (Å²) in [6.45, 7) is 2.46. The van der Waals surface area contributed by atoms with Crippen LogP contribution in [0.3, 0.4) is 0 Å². The Hall–Kier alpha value is -1.06. The molecule has 1 aliphatic carbocycles. The Kier molecular flexibility index (Phi) is 6.27. The first-order valence-corrected chi connectivity index (χ1v) is 8.20. The number of carbonyl (C=O) groups excluding carboxylic acids is 1. The molecule has 3 rings (SSSR count). The number of ether oxygens (including phenoxy) is 1. The second-order valence-electron chi connectivity index (χ2n) is 6.36. The summed E-state index contributed by atoms with van der Waals surface area (Å²) in [6, 6.07) is 8.84. The van der Waals surface area contributed by atoms with Crippen molar-refractivity contribution in [3.63, 3.8) is 0 Å². The maximum atomic E-state index is 11.5. The smallest absolute Gasteiger partial charge is 0.337 e. The number of hydrogen-bond acceptors (Lipinski definition) is 3. The van der Waals surface area contributed by atoms with Crippen molar-refractivity contribution >= 4 is 18.4 Å². The Morgan fingerprint density at radius 2 is 1.64 bits per heavy atom. The van der Waals surface area contributed by atoms with Crippen molar-refractivity contribution in [1.29, 1.82) is 0 Å². The molecule has 0 bridgehead atoms. The third-order valence-corrected chi connectivity index (χ3v) is 5.17. The van der Waals surface area contributed by atoms with Crippen molar-refractivity contribution in [1.82, 2.24) is 4.90 Å². The molecule has 0 spiro atoms. The molecule has 0 aromatic heterocycles. The fourth-order valence-corrected chi connectivity index (χ4v) is 3.88. The topological polar surface area (TPSA) is 29.5 Å². The van der Waals surface area contributed by atoms with Gasteiger partial charge in [0.1, 0.15) is 0 Å². The average Bonchev–Trinajstić information content (AvgIpc) is 3.09. The van der Waals surface area contributed by atoms with Gasteiger partial charge in [-0.15, -0.1) is 12.4 Å². The molecule has 1 saturated heterocycles. The molecule has 1 aromatic carbocycles. The van der Waals surface area contributed by atoms with Gasteiger partial charge in [0.25, 0.3) is 0 Å². The Balaban J connectivity index is 0.00000176. The molecule has 0 amide bonds. The number of benzene rings is 1. The van der Waals surface area contributed by atoms with Crippen LogP contribution in [0.2, 0.25) is 0 Å². The van der Waals surface area contributed by atoms with E-state index in [0.29, 0.717) is 11.5 Å². The number of carbonyl (C=O) groups is 1. The fraction of sp³-hybridized carbons (Fsp3) is 0.611. The summed E-state index contributed by atoms with van der Waals surface area (Å²) in [5.41, 5.74) is 2.01. The van der Waals surface area contributed by atoms with Crippen LogP contribution >= 0.6 is 12.4 Å². The molecule has 3 nitrogen and oxygen atoms in total. The highest BCUT2D eigenvalue weighted by atomic mass is 35.5. The van der Waals surface area contributed by atoms with Crippen molar-refractivity contribution in [3.05, 3.63) is 35.4 Å². The molecule has 1 heterocycles. The first-order valence-electron chi connectivity index (χ1n) is 8.20. The van der Waals surface area contributed by atoms with E-state index in [-0.39, 0.29) is 18.4 Å². The molecule has 0 N–H and O–H groups in total. The van der Waals surface area contributed by atoms with Crippen molar-refractivity contribution in [2.45, 2.75) is 50.5 Å². The van der Waals surface area contributed by atoms with E-state index < -0.39 is 0 Å². The van der Waals surface area contributed by atoms with Crippen molar-refractivity contribution < 1.29 is 9.53 Å². The van der Waals surface area contributed by atoms with Gasteiger partial charge in [-0.25, -0.2) is 4.79 Å². The maximum Gasteiger partial charge on any atom is 0.337 e. The molecular formula is C18H26ClNO2. The van der Waals surface area contributed by atoms with Crippen molar-refractivity contribution in [2.24, 2.45) is 0 Å². The zero-order valence-corrected chi connectivity index (χ0v) is 14.1. The van der Waals surface area contributed by atoms with E-state index >= 15 is 0 Å². The largest absolute Gasteiger partial charge is 0.465 e. The van der Waals surface area contributed by atoms with Crippen LogP contribution < -0.4 is 0 Å². The summed E-state index contributed by atoms with van der Waals surface area (Å²) >= 11 is 0. The highest BCUT2D eigenvalue weighted by molar-refractivity contribution is 5.89. The van der Waals surface area contributed by atoms with Crippen LogP contribution in [0.4, 0.5) is 0 Å². The molecule has 1 saturated carbocycles. The Morgan fingerprint density at radius 1 is 1.05 bits per heavy atom. The average molecular weight is 324 g/mol. The van der Waals surface area contributed by atoms with E-state index in [4.69, 9.17) is 4.74 Å². The van der Waals surface area contributed by atoms with Gasteiger partial charge in [0.2, 0.25) is 0 Å². The van der Waals surface area contributed by atoms with Crippen LogP contribution in [-0.4, -0.2) is 37.1 Å². The van der Waals surface area contributed by atoms with Gasteiger partial charge in [0.15, 0.2) is 0 Å². The highest BCUT2D eigenvalue weighted by Crippen LogP contribution is 2.32. The van der Waals surface area contributed by atoms with Crippen LogP contribution in [-0.2, 0) is 4.74 Å². The second kappa shape index (κ2) is 7.98. The van der Waals surface area contributed by atoms with Crippen LogP contribution in [0, 0.1) is 0 Å². The first-order chi connectivity index (χ1) is 10.3. The number of likely N-dealkylation sites (tertiary alicyclic amines) is 1. The van der Waals surface area contributed by atoms with Crippen molar-refractivity contribution in [2.75, 3.05) is 20.2 Å². The lowest BCUT2D eigenvalue weighted by atomic mass is 9.88. The molecule has 1 aliphatic heterocycles. The lowest BCUT2D eigenvalue weighted by molar-refractivity contribution is 0.0600. The van der Waals surface area contributed by atoms with Crippen LogP contribution in [0.25, 0.3) is 0 Å². The SMILES string of the molecule is COC(=O)c1ccc(C2CCN(C3CCCC3)CC2)cc1.Cl. The number of halogens is 1. The Bertz CT molecular complexity index is 474. The first kappa shape index (κ1) is 17.3. The number of piperidine rings is 1. The maximum absolute atomic E-state index is 11.5. The molecular weight excluding hydrogens is 298 g/mol. The molecule has 2 aliphatic rings. The van der Waals surface area contributed by atoms with Gasteiger partial charge < -0.3 is 9.64 Å². The summed E-state index contributed by atoms with van der Waals surface area (Å²) in [6.07, 6.45) is 8.12. The minimum Gasteiger partial charge on any atom is -0.465 e. The third kappa shape index (κ3) is 3.82. The lowest BCUT2D eigenvalue weighted by Gasteiger charge is -2.36. The van der Waals surface area contributed by atoms with E-state index in [0.717, 1.165) is 6.04 Å². The zero-order chi connectivity index (χ0) is 14.7. The summed E-state index contributed by atoms with van der Waals surface area (Å²) in [5.74, 6) is 0.395. The summed E-state index contributed by atoms with van der Waals surface area (Å²) in [7, 11) is 1.43. The van der Waals surface area contributed by atoms with Gasteiger partial charge in [-0.05, 0) is 62.4 Å². The molecule has 4 heteroatoms. The van der Waals surface area contributed by atoms with Crippen molar-refractivity contribution in [3.8, 4) is 0 Å². The standard InChI is InChI=1S/C18H25NO2.ClH/c1-21-18(20)16-8-6-14(7-9-16)15-10-12-19(13-11-15)17-4-2-3-5-17;/h6-9,15,17H,2-5,10-13H2,1H3;1H. The Morgan fingerprint density at radius 3 is 2.18 bits per heavy atom. The molecule has 0 radical (unpaired) electrons. The van der Waals surface area contributed by atoms with Gasteiger partial charge >= 0.3 is 5.97 Å². The fourth-order valence-electron chi connectivity index (χ4n) is 3.88. The monoisotopic (exact) mass is 323 g/mol. The van der Waals surface area contributed by atoms with Crippen LogP contribution in [0.5, 0.6) is 0 Å². The number of methoxy groups -OCH3 is 1.